The molecule has 1 aliphatic heterocycles. The maximum atomic E-state index is 4.30. The predicted octanol–water partition coefficient (Wildman–Crippen LogP) is 3.55. The van der Waals surface area contributed by atoms with Crippen LogP contribution in [-0.4, -0.2) is 40.8 Å². The zero-order valence-corrected chi connectivity index (χ0v) is 12.7. The van der Waals surface area contributed by atoms with Crippen LogP contribution in [0.4, 0.5) is 0 Å². The molecule has 1 atom stereocenters. The Hall–Kier alpha value is 0.660. The van der Waals surface area contributed by atoms with E-state index in [9.17, 15) is 0 Å². The first-order valence-electron chi connectivity index (χ1n) is 6.51. The van der Waals surface area contributed by atoms with Crippen molar-refractivity contribution in [1.82, 2.24) is 4.90 Å². The van der Waals surface area contributed by atoms with Crippen LogP contribution in [0.15, 0.2) is 0 Å². The van der Waals surface area contributed by atoms with Gasteiger partial charge in [-0.3, -0.25) is 0 Å². The summed E-state index contributed by atoms with van der Waals surface area (Å²) in [4.78, 5) is 2.65. The molecule has 0 aromatic carbocycles. The lowest BCUT2D eigenvalue weighted by atomic mass is 10.0. The quantitative estimate of drug-likeness (QED) is 0.754. The van der Waals surface area contributed by atoms with E-state index in [1.807, 2.05) is 0 Å². The highest BCUT2D eigenvalue weighted by atomic mass is 32.2. The van der Waals surface area contributed by atoms with Crippen LogP contribution in [0.5, 0.6) is 0 Å². The van der Waals surface area contributed by atoms with Gasteiger partial charge in [0.2, 0.25) is 0 Å². The molecule has 0 aromatic rings. The normalized spacial score (nSPS) is 24.0. The molecule has 3 heteroatoms. The Bertz CT molecular complexity index is 194. The van der Waals surface area contributed by atoms with Crippen molar-refractivity contribution in [2.24, 2.45) is 5.92 Å². The predicted molar refractivity (Wildman–Crippen MR) is 79.8 cm³/mol. The number of thioether (sulfide) groups is 1. The van der Waals surface area contributed by atoms with Gasteiger partial charge < -0.3 is 4.90 Å². The lowest BCUT2D eigenvalue weighted by molar-refractivity contribution is 0.263. The molecule has 16 heavy (non-hydrogen) atoms. The molecule has 1 fully saturated rings. The summed E-state index contributed by atoms with van der Waals surface area (Å²) in [6.07, 6.45) is 3.93. The van der Waals surface area contributed by atoms with Crippen LogP contribution in [0.3, 0.4) is 0 Å². The van der Waals surface area contributed by atoms with E-state index < -0.39 is 0 Å². The first-order chi connectivity index (χ1) is 7.53. The van der Waals surface area contributed by atoms with Gasteiger partial charge in [0.05, 0.1) is 0 Å². The van der Waals surface area contributed by atoms with Crippen molar-refractivity contribution in [2.45, 2.75) is 44.8 Å². The van der Waals surface area contributed by atoms with Gasteiger partial charge in [-0.05, 0) is 44.0 Å². The van der Waals surface area contributed by atoms with Gasteiger partial charge in [0, 0.05) is 17.0 Å². The van der Waals surface area contributed by atoms with E-state index >= 15 is 0 Å². The molecular weight excluding hydrogens is 234 g/mol. The summed E-state index contributed by atoms with van der Waals surface area (Å²) < 4.78 is 0.492. The number of rotatable bonds is 5. The van der Waals surface area contributed by atoms with Crippen LogP contribution in [0.2, 0.25) is 0 Å². The Labute approximate surface area is 111 Å². The molecule has 1 saturated heterocycles. The van der Waals surface area contributed by atoms with Crippen LogP contribution in [0, 0.1) is 5.92 Å². The van der Waals surface area contributed by atoms with Crippen molar-refractivity contribution in [2.75, 3.05) is 31.1 Å². The number of hydrogen-bond donors (Lipinski definition) is 1. The van der Waals surface area contributed by atoms with Gasteiger partial charge >= 0.3 is 0 Å². The lowest BCUT2D eigenvalue weighted by Crippen LogP contribution is -2.29. The van der Waals surface area contributed by atoms with E-state index in [1.165, 1.54) is 44.6 Å². The van der Waals surface area contributed by atoms with Gasteiger partial charge in [-0.15, -0.1) is 0 Å². The highest BCUT2D eigenvalue weighted by molar-refractivity contribution is 8.00. The molecule has 1 unspecified atom stereocenters. The Balaban J connectivity index is 2.22. The Kier molecular flexibility index (Phi) is 6.60. The highest BCUT2D eigenvalue weighted by Crippen LogP contribution is 2.30. The monoisotopic (exact) mass is 261 g/mol. The minimum absolute atomic E-state index is 0.492. The van der Waals surface area contributed by atoms with E-state index in [4.69, 9.17) is 0 Å². The summed E-state index contributed by atoms with van der Waals surface area (Å²) in [5, 5.41) is 0. The number of hydrogen-bond acceptors (Lipinski definition) is 3. The number of thiol groups is 1. The zero-order chi connectivity index (χ0) is 12.0. The van der Waals surface area contributed by atoms with E-state index in [-0.39, 0.29) is 0 Å². The largest absolute Gasteiger partial charge is 0.302 e. The Morgan fingerprint density at radius 3 is 2.75 bits per heavy atom. The molecule has 0 N–H and O–H groups in total. The maximum absolute atomic E-state index is 4.30. The fourth-order valence-corrected chi connectivity index (χ4v) is 3.63. The topological polar surface area (TPSA) is 3.24 Å². The molecule has 1 aliphatic rings. The zero-order valence-electron chi connectivity index (χ0n) is 11.0. The Morgan fingerprint density at radius 1 is 1.31 bits per heavy atom. The van der Waals surface area contributed by atoms with E-state index in [0.717, 1.165) is 11.7 Å². The third kappa shape index (κ3) is 5.83. The maximum Gasteiger partial charge on any atom is 0.0116 e. The van der Waals surface area contributed by atoms with Crippen molar-refractivity contribution >= 4 is 24.4 Å². The molecule has 96 valence electrons. The average Bonchev–Trinajstić information content (AvgIpc) is 2.37. The second-order valence-electron chi connectivity index (χ2n) is 5.61. The molecule has 0 saturated carbocycles. The van der Waals surface area contributed by atoms with Crippen molar-refractivity contribution in [1.29, 1.82) is 0 Å². The third-order valence-electron chi connectivity index (χ3n) is 3.49. The van der Waals surface area contributed by atoms with Crippen molar-refractivity contribution < 1.29 is 0 Å². The first kappa shape index (κ1) is 14.7. The first-order valence-corrected chi connectivity index (χ1v) is 8.12. The summed E-state index contributed by atoms with van der Waals surface area (Å²) in [5.74, 6) is 3.17. The van der Waals surface area contributed by atoms with Gasteiger partial charge in [-0.2, -0.15) is 24.4 Å². The SMILES string of the molecule is CC(CCS)CCN1CCSC(C)(C)CC1. The van der Waals surface area contributed by atoms with Gasteiger partial charge in [0.15, 0.2) is 0 Å². The summed E-state index contributed by atoms with van der Waals surface area (Å²) >= 11 is 6.44. The van der Waals surface area contributed by atoms with Gasteiger partial charge in [-0.1, -0.05) is 20.8 Å². The summed E-state index contributed by atoms with van der Waals surface area (Å²) in [7, 11) is 0. The van der Waals surface area contributed by atoms with Gasteiger partial charge in [0.25, 0.3) is 0 Å². The molecular formula is C13H27NS2. The molecule has 0 amide bonds. The molecule has 1 rings (SSSR count). The van der Waals surface area contributed by atoms with Crippen molar-refractivity contribution in [3.8, 4) is 0 Å². The lowest BCUT2D eigenvalue weighted by Gasteiger charge is -2.23. The van der Waals surface area contributed by atoms with Crippen LogP contribution in [-0.2, 0) is 0 Å². The standard InChI is InChI=1S/C13H27NS2/c1-12(5-10-15)4-7-14-8-6-13(2,3)16-11-9-14/h12,15H,4-11H2,1-3H3. The molecule has 0 aromatic heterocycles. The fourth-order valence-electron chi connectivity index (χ4n) is 2.05. The third-order valence-corrected chi connectivity index (χ3v) is 5.12. The molecule has 0 bridgehead atoms. The fraction of sp³-hybridized carbons (Fsp3) is 1.00. The molecule has 0 radical (unpaired) electrons. The Morgan fingerprint density at radius 2 is 2.06 bits per heavy atom. The molecule has 0 aliphatic carbocycles. The number of nitrogens with zero attached hydrogens (tertiary/aromatic N) is 1. The summed E-state index contributed by atoms with van der Waals surface area (Å²) in [6, 6.07) is 0. The summed E-state index contributed by atoms with van der Waals surface area (Å²) in [6.45, 7) is 11.0. The second kappa shape index (κ2) is 7.17. The van der Waals surface area contributed by atoms with Crippen LogP contribution < -0.4 is 0 Å². The molecule has 0 spiro atoms. The highest BCUT2D eigenvalue weighted by Gasteiger charge is 2.23. The smallest absolute Gasteiger partial charge is 0.0116 e. The van der Waals surface area contributed by atoms with E-state index in [2.05, 4.69) is 50.1 Å². The van der Waals surface area contributed by atoms with Gasteiger partial charge in [-0.25, -0.2) is 0 Å². The average molecular weight is 262 g/mol. The van der Waals surface area contributed by atoms with Crippen LogP contribution in [0.1, 0.15) is 40.0 Å². The van der Waals surface area contributed by atoms with Crippen LogP contribution >= 0.6 is 24.4 Å². The second-order valence-corrected chi connectivity index (χ2v) is 7.86. The molecule has 1 heterocycles. The van der Waals surface area contributed by atoms with Crippen molar-refractivity contribution in [3.63, 3.8) is 0 Å². The van der Waals surface area contributed by atoms with Crippen LogP contribution in [0.25, 0.3) is 0 Å². The minimum Gasteiger partial charge on any atom is -0.302 e. The van der Waals surface area contributed by atoms with E-state index in [1.54, 1.807) is 0 Å². The summed E-state index contributed by atoms with van der Waals surface area (Å²) in [5.41, 5.74) is 0. The van der Waals surface area contributed by atoms with Gasteiger partial charge in [0.1, 0.15) is 0 Å². The van der Waals surface area contributed by atoms with Crippen molar-refractivity contribution in [3.05, 3.63) is 0 Å². The molecule has 1 nitrogen and oxygen atoms in total. The minimum atomic E-state index is 0.492. The van der Waals surface area contributed by atoms with E-state index in [0.29, 0.717) is 4.75 Å².